The third-order valence-electron chi connectivity index (χ3n) is 0.566. The summed E-state index contributed by atoms with van der Waals surface area (Å²) >= 11 is 0.186. The maximum atomic E-state index is 4.19. The summed E-state index contributed by atoms with van der Waals surface area (Å²) in [4.78, 5) is 2.34. The van der Waals surface area contributed by atoms with Gasteiger partial charge in [-0.15, -0.1) is 0 Å². The molecule has 30 valence electrons. The summed E-state index contributed by atoms with van der Waals surface area (Å²) in [6, 6.07) is 0. The molecule has 0 spiro atoms. The van der Waals surface area contributed by atoms with E-state index in [0.29, 0.717) is 0 Å². The van der Waals surface area contributed by atoms with Crippen molar-refractivity contribution in [3.63, 3.8) is 0 Å². The summed E-state index contributed by atoms with van der Waals surface area (Å²) < 4.78 is 4.19. The molecule has 0 unspecified atom stereocenters. The third-order valence-corrected chi connectivity index (χ3v) is 8.76. The van der Waals surface area contributed by atoms with Crippen LogP contribution in [0.4, 0.5) is 0 Å². The van der Waals surface area contributed by atoms with E-state index in [9.17, 15) is 0 Å². The minimum atomic E-state index is 0.0234. The van der Waals surface area contributed by atoms with Crippen LogP contribution in [0.15, 0.2) is 14.9 Å². The number of allylic oxidation sites excluding steroid dienone is 1. The summed E-state index contributed by atoms with van der Waals surface area (Å²) in [6.45, 7) is 0. The monoisotopic (exact) mass is 203 g/mol. The molecule has 0 bridgehead atoms. The van der Waals surface area contributed by atoms with Crippen LogP contribution in [0.1, 0.15) is 0 Å². The summed E-state index contributed by atoms with van der Waals surface area (Å²) in [7, 11) is 0. The van der Waals surface area contributed by atoms with Gasteiger partial charge in [0.15, 0.2) is 0 Å². The zero-order valence-electron chi connectivity index (χ0n) is 3.33. The van der Waals surface area contributed by atoms with Gasteiger partial charge in [-0.1, -0.05) is 0 Å². The molecule has 0 atom stereocenters. The van der Waals surface area contributed by atoms with Crippen LogP contribution < -0.4 is 0 Å². The number of nitrogens with zero attached hydrogens (tertiary/aromatic N) is 1. The van der Waals surface area contributed by atoms with E-state index >= 15 is 0 Å². The molecule has 6 heavy (non-hydrogen) atoms. The SMILES string of the molecule is C1=[CH][GeH]=[GeH][N]=C1. The molecule has 0 N–H and O–H groups in total. The maximum absolute atomic E-state index is 4.19. The number of rotatable bonds is 0. The van der Waals surface area contributed by atoms with Crippen LogP contribution in [0.2, 0.25) is 0 Å². The molecule has 0 radical (unpaired) electrons. The van der Waals surface area contributed by atoms with E-state index in [4.69, 9.17) is 0 Å². The van der Waals surface area contributed by atoms with Gasteiger partial charge in [0, 0.05) is 0 Å². The fourth-order valence-electron chi connectivity index (χ4n) is 0.313. The summed E-state index contributed by atoms with van der Waals surface area (Å²) in [5.41, 5.74) is 0. The van der Waals surface area contributed by atoms with Gasteiger partial charge >= 0.3 is 47.2 Å². The molecule has 0 fully saturated rings. The van der Waals surface area contributed by atoms with Gasteiger partial charge in [0.1, 0.15) is 0 Å². The second-order valence-electron chi connectivity index (χ2n) is 1.02. The quantitative estimate of drug-likeness (QED) is 0.458. The van der Waals surface area contributed by atoms with Crippen molar-refractivity contribution in [3.8, 4) is 0 Å². The molecule has 0 saturated carbocycles. The molecular formula is C3H5Ge2N. The number of hydrogen-bond acceptors (Lipinski definition) is 1. The van der Waals surface area contributed by atoms with Crippen molar-refractivity contribution in [2.24, 2.45) is 3.95 Å². The predicted octanol–water partition coefficient (Wildman–Crippen LogP) is -0.713. The zero-order chi connectivity index (χ0) is 4.24. The Morgan fingerprint density at radius 1 is 1.50 bits per heavy atom. The van der Waals surface area contributed by atoms with Crippen molar-refractivity contribution in [2.75, 3.05) is 0 Å². The molecule has 1 aliphatic rings. The van der Waals surface area contributed by atoms with E-state index in [1.54, 1.807) is 0 Å². The van der Waals surface area contributed by atoms with Crippen LogP contribution in [-0.2, 0) is 0 Å². The van der Waals surface area contributed by atoms with E-state index < -0.39 is 0 Å². The topological polar surface area (TPSA) is 12.4 Å². The Labute approximate surface area is 47.4 Å². The molecule has 1 rings (SSSR count). The van der Waals surface area contributed by atoms with Gasteiger partial charge in [0.2, 0.25) is 0 Å². The molecule has 0 saturated heterocycles. The van der Waals surface area contributed by atoms with Crippen LogP contribution in [0.5, 0.6) is 0 Å². The summed E-state index contributed by atoms with van der Waals surface area (Å²) in [5.74, 6) is 0. The van der Waals surface area contributed by atoms with Gasteiger partial charge in [0.25, 0.3) is 0 Å². The van der Waals surface area contributed by atoms with Gasteiger partial charge in [-0.25, -0.2) is 0 Å². The van der Waals surface area contributed by atoms with E-state index in [-0.39, 0.29) is 26.1 Å². The fraction of sp³-hybridized carbons (Fsp3) is 0. The third kappa shape index (κ3) is 1.30. The van der Waals surface area contributed by atoms with E-state index in [1.807, 2.05) is 6.21 Å². The first-order chi connectivity index (χ1) is 3.00. The molecule has 1 heterocycles. The zero-order valence-corrected chi connectivity index (χ0v) is 8.18. The first-order valence-corrected chi connectivity index (χ1v) is 13.0. The second-order valence-corrected chi connectivity index (χ2v) is 11.3. The van der Waals surface area contributed by atoms with Crippen LogP contribution in [0.3, 0.4) is 0 Å². The van der Waals surface area contributed by atoms with Gasteiger partial charge in [-0.05, 0) is 0 Å². The molecule has 0 aromatic heterocycles. The minimum absolute atomic E-state index is 0.0234. The Kier molecular flexibility index (Phi) is 2.04. The van der Waals surface area contributed by atoms with E-state index in [0.717, 1.165) is 0 Å². The summed E-state index contributed by atoms with van der Waals surface area (Å²) in [6.07, 6.45) is 4.03. The predicted molar refractivity (Wildman–Crippen MR) is 31.9 cm³/mol. The van der Waals surface area contributed by atoms with Crippen molar-refractivity contribution in [1.82, 2.24) is 0 Å². The molecular weight excluding hydrogens is 195 g/mol. The fourth-order valence-corrected chi connectivity index (χ4v) is 6.27. The van der Waals surface area contributed by atoms with Crippen molar-refractivity contribution < 1.29 is 0 Å². The normalized spacial score (nSPS) is 16.0. The Morgan fingerprint density at radius 3 is 2.67 bits per heavy atom. The van der Waals surface area contributed by atoms with Gasteiger partial charge in [-0.3, -0.25) is 0 Å². The first-order valence-electron chi connectivity index (χ1n) is 1.85. The molecule has 1 aliphatic heterocycles. The van der Waals surface area contributed by atoms with Crippen molar-refractivity contribution in [3.05, 3.63) is 11.0 Å². The van der Waals surface area contributed by atoms with Crippen LogP contribution in [-0.4, -0.2) is 32.3 Å². The molecule has 0 aliphatic carbocycles. The van der Waals surface area contributed by atoms with E-state index in [1.165, 1.54) is 0 Å². The number of hydrogen-bond donors (Lipinski definition) is 0. The molecule has 1 nitrogen and oxygen atoms in total. The average molecular weight is 200 g/mol. The van der Waals surface area contributed by atoms with Crippen molar-refractivity contribution >= 4 is 32.3 Å². The average Bonchev–Trinajstić information content (AvgIpc) is 1.72. The van der Waals surface area contributed by atoms with Crippen molar-refractivity contribution in [2.45, 2.75) is 0 Å². The molecule has 0 aromatic rings. The van der Waals surface area contributed by atoms with Crippen LogP contribution in [0.25, 0.3) is 0 Å². The van der Waals surface area contributed by atoms with Crippen molar-refractivity contribution in [1.29, 1.82) is 0 Å². The Balaban J connectivity index is 2.77. The molecule has 3 heteroatoms. The van der Waals surface area contributed by atoms with Crippen LogP contribution in [0, 0.1) is 0 Å². The Hall–Kier alpha value is 0.496. The van der Waals surface area contributed by atoms with Crippen LogP contribution >= 0.6 is 0 Å². The standard InChI is InChI=1S/C3H5Ge2N/c1-2-4-5-6-3-1/h1-5H. The second kappa shape index (κ2) is 2.63. The molecule has 0 aromatic carbocycles. The first kappa shape index (κ1) is 4.65. The van der Waals surface area contributed by atoms with Gasteiger partial charge in [-0.2, -0.15) is 0 Å². The Bertz CT molecular complexity index is 78.2. The van der Waals surface area contributed by atoms with Gasteiger partial charge < -0.3 is 0 Å². The Morgan fingerprint density at radius 2 is 2.50 bits per heavy atom. The van der Waals surface area contributed by atoms with Gasteiger partial charge in [0.05, 0.1) is 0 Å². The molecule has 0 amide bonds. The van der Waals surface area contributed by atoms with E-state index in [2.05, 4.69) is 14.9 Å². The summed E-state index contributed by atoms with van der Waals surface area (Å²) in [5, 5.41) is 0.